The number of halogens is 1. The highest BCUT2D eigenvalue weighted by Gasteiger charge is 2.09. The summed E-state index contributed by atoms with van der Waals surface area (Å²) in [6, 6.07) is 3.79. The fourth-order valence-electron chi connectivity index (χ4n) is 0.936. The summed E-state index contributed by atoms with van der Waals surface area (Å²) in [5, 5.41) is 0. The molecule has 1 nitrogen and oxygen atoms in total. The maximum atomic E-state index is 11.5. The predicted octanol–water partition coefficient (Wildman–Crippen LogP) is 3.74. The molecule has 0 radical (unpaired) electrons. The van der Waals surface area contributed by atoms with Gasteiger partial charge < -0.3 is 0 Å². The summed E-state index contributed by atoms with van der Waals surface area (Å²) < 4.78 is 1.02. The second-order valence-corrected chi connectivity index (χ2v) is 5.59. The van der Waals surface area contributed by atoms with Gasteiger partial charge in [-0.3, -0.25) is 4.79 Å². The summed E-state index contributed by atoms with van der Waals surface area (Å²) in [5.41, 5.74) is 0. The molecule has 0 fully saturated rings. The Kier molecular flexibility index (Phi) is 3.47. The van der Waals surface area contributed by atoms with Crippen LogP contribution in [0.1, 0.15) is 29.9 Å². The lowest BCUT2D eigenvalue weighted by atomic mass is 10.1. The number of ketones is 1. The number of thiophene rings is 1. The van der Waals surface area contributed by atoms with Crippen LogP contribution in [0, 0.1) is 5.92 Å². The number of carbonyl (C=O) groups excluding carboxylic acids is 1. The molecule has 3 heteroatoms. The summed E-state index contributed by atoms with van der Waals surface area (Å²) in [4.78, 5) is 12.3. The van der Waals surface area contributed by atoms with Crippen molar-refractivity contribution in [2.24, 2.45) is 5.92 Å². The van der Waals surface area contributed by atoms with E-state index >= 15 is 0 Å². The SMILES string of the molecule is CC(C)CC(=O)c1ccc(Br)s1. The molecule has 12 heavy (non-hydrogen) atoms. The highest BCUT2D eigenvalue weighted by atomic mass is 79.9. The van der Waals surface area contributed by atoms with E-state index in [0.29, 0.717) is 12.3 Å². The van der Waals surface area contributed by atoms with Crippen LogP contribution >= 0.6 is 27.3 Å². The minimum absolute atomic E-state index is 0.251. The molecule has 0 bridgehead atoms. The molecule has 1 aromatic rings. The molecule has 0 atom stereocenters. The van der Waals surface area contributed by atoms with Crippen LogP contribution in [0.5, 0.6) is 0 Å². The molecule has 0 aliphatic rings. The molecule has 0 spiro atoms. The van der Waals surface area contributed by atoms with Crippen molar-refractivity contribution in [1.82, 2.24) is 0 Å². The van der Waals surface area contributed by atoms with Gasteiger partial charge in [0.25, 0.3) is 0 Å². The largest absolute Gasteiger partial charge is 0.293 e. The van der Waals surface area contributed by atoms with Crippen LogP contribution in [-0.2, 0) is 0 Å². The van der Waals surface area contributed by atoms with Crippen LogP contribution in [0.25, 0.3) is 0 Å². The van der Waals surface area contributed by atoms with Gasteiger partial charge >= 0.3 is 0 Å². The van der Waals surface area contributed by atoms with E-state index < -0.39 is 0 Å². The zero-order chi connectivity index (χ0) is 9.14. The molecule has 1 rings (SSSR count). The van der Waals surface area contributed by atoms with Gasteiger partial charge in [0.1, 0.15) is 0 Å². The Hall–Kier alpha value is -0.150. The van der Waals surface area contributed by atoms with Crippen molar-refractivity contribution in [2.45, 2.75) is 20.3 Å². The Morgan fingerprint density at radius 2 is 2.25 bits per heavy atom. The van der Waals surface area contributed by atoms with Crippen molar-refractivity contribution >= 4 is 33.0 Å². The van der Waals surface area contributed by atoms with Crippen LogP contribution in [0.3, 0.4) is 0 Å². The van der Waals surface area contributed by atoms with Crippen molar-refractivity contribution in [3.8, 4) is 0 Å². The maximum Gasteiger partial charge on any atom is 0.173 e. The standard InChI is InChI=1S/C9H11BrOS/c1-6(2)5-7(11)8-3-4-9(10)12-8/h3-4,6H,5H2,1-2H3. The van der Waals surface area contributed by atoms with Gasteiger partial charge in [-0.1, -0.05) is 13.8 Å². The molecule has 1 aromatic heterocycles. The van der Waals surface area contributed by atoms with Crippen LogP contribution in [-0.4, -0.2) is 5.78 Å². The molecule has 66 valence electrons. The Labute approximate surface area is 84.9 Å². The average Bonchev–Trinajstić information content (AvgIpc) is 2.34. The lowest BCUT2D eigenvalue weighted by Gasteiger charge is -2.00. The highest BCUT2D eigenvalue weighted by Crippen LogP contribution is 2.23. The van der Waals surface area contributed by atoms with E-state index in [9.17, 15) is 4.79 Å². The van der Waals surface area contributed by atoms with Gasteiger partial charge in [-0.25, -0.2) is 0 Å². The van der Waals surface area contributed by atoms with Crippen LogP contribution in [0.2, 0.25) is 0 Å². The highest BCUT2D eigenvalue weighted by molar-refractivity contribution is 9.11. The Morgan fingerprint density at radius 3 is 2.67 bits per heavy atom. The molecule has 0 saturated heterocycles. The molecular weight excluding hydrogens is 236 g/mol. The third kappa shape index (κ3) is 2.72. The van der Waals surface area contributed by atoms with E-state index in [1.807, 2.05) is 12.1 Å². The van der Waals surface area contributed by atoms with Crippen molar-refractivity contribution in [3.63, 3.8) is 0 Å². The van der Waals surface area contributed by atoms with Crippen molar-refractivity contribution < 1.29 is 4.79 Å². The molecule has 0 aliphatic carbocycles. The van der Waals surface area contributed by atoms with Gasteiger partial charge in [0.05, 0.1) is 8.66 Å². The zero-order valence-electron chi connectivity index (χ0n) is 7.13. The van der Waals surface area contributed by atoms with Crippen LogP contribution in [0.4, 0.5) is 0 Å². The molecular formula is C9H11BrOS. The van der Waals surface area contributed by atoms with E-state index in [0.717, 1.165) is 8.66 Å². The first-order chi connectivity index (χ1) is 5.59. The third-order valence-electron chi connectivity index (χ3n) is 1.44. The van der Waals surface area contributed by atoms with E-state index in [1.54, 1.807) is 0 Å². The maximum absolute atomic E-state index is 11.5. The monoisotopic (exact) mass is 246 g/mol. The molecule has 0 unspecified atom stereocenters. The van der Waals surface area contributed by atoms with E-state index in [4.69, 9.17) is 0 Å². The van der Waals surface area contributed by atoms with Crippen molar-refractivity contribution in [2.75, 3.05) is 0 Å². The van der Waals surface area contributed by atoms with Gasteiger partial charge in [0.15, 0.2) is 5.78 Å². The smallest absolute Gasteiger partial charge is 0.173 e. The van der Waals surface area contributed by atoms with Crippen LogP contribution in [0.15, 0.2) is 15.9 Å². The molecule has 0 aliphatic heterocycles. The summed E-state index contributed by atoms with van der Waals surface area (Å²) in [5.74, 6) is 0.694. The van der Waals surface area contributed by atoms with Gasteiger partial charge in [-0.15, -0.1) is 11.3 Å². The first kappa shape index (κ1) is 9.93. The van der Waals surface area contributed by atoms with E-state index in [1.165, 1.54) is 11.3 Å². The number of Topliss-reactive ketones (excluding diaryl/α,β-unsaturated/α-hetero) is 1. The fraction of sp³-hybridized carbons (Fsp3) is 0.444. The Morgan fingerprint density at radius 1 is 1.58 bits per heavy atom. The quantitative estimate of drug-likeness (QED) is 0.743. The number of rotatable bonds is 3. The minimum atomic E-state index is 0.251. The zero-order valence-corrected chi connectivity index (χ0v) is 9.54. The molecule has 1 heterocycles. The number of hydrogen-bond donors (Lipinski definition) is 0. The fourth-order valence-corrected chi connectivity index (χ4v) is 2.27. The average molecular weight is 247 g/mol. The topological polar surface area (TPSA) is 17.1 Å². The number of hydrogen-bond acceptors (Lipinski definition) is 2. The summed E-state index contributed by atoms with van der Waals surface area (Å²) in [6.07, 6.45) is 0.646. The van der Waals surface area contributed by atoms with Gasteiger partial charge in [-0.05, 0) is 34.0 Å². The lowest BCUT2D eigenvalue weighted by Crippen LogP contribution is -2.00. The first-order valence-electron chi connectivity index (χ1n) is 3.88. The second-order valence-electron chi connectivity index (χ2n) is 3.12. The van der Waals surface area contributed by atoms with Gasteiger partial charge in [0.2, 0.25) is 0 Å². The van der Waals surface area contributed by atoms with Crippen molar-refractivity contribution in [3.05, 3.63) is 20.8 Å². The molecule has 0 aromatic carbocycles. The van der Waals surface area contributed by atoms with Gasteiger partial charge in [0, 0.05) is 6.42 Å². The normalized spacial score (nSPS) is 10.7. The first-order valence-corrected chi connectivity index (χ1v) is 5.49. The molecule has 0 saturated carbocycles. The van der Waals surface area contributed by atoms with E-state index in [2.05, 4.69) is 29.8 Å². The van der Waals surface area contributed by atoms with Crippen molar-refractivity contribution in [1.29, 1.82) is 0 Å². The summed E-state index contributed by atoms with van der Waals surface area (Å²) in [6.45, 7) is 4.11. The Balaban J connectivity index is 2.65. The lowest BCUT2D eigenvalue weighted by molar-refractivity contribution is 0.0972. The summed E-state index contributed by atoms with van der Waals surface area (Å²) >= 11 is 4.84. The number of carbonyl (C=O) groups is 1. The third-order valence-corrected chi connectivity index (χ3v) is 3.11. The van der Waals surface area contributed by atoms with E-state index in [-0.39, 0.29) is 5.78 Å². The minimum Gasteiger partial charge on any atom is -0.293 e. The second kappa shape index (κ2) is 4.19. The summed E-state index contributed by atoms with van der Waals surface area (Å²) in [7, 11) is 0. The predicted molar refractivity (Wildman–Crippen MR) is 55.8 cm³/mol. The molecule has 0 N–H and O–H groups in total. The van der Waals surface area contributed by atoms with Gasteiger partial charge in [-0.2, -0.15) is 0 Å². The Bertz CT molecular complexity index is 278. The molecule has 0 amide bonds. The van der Waals surface area contributed by atoms with Crippen LogP contribution < -0.4 is 0 Å².